The predicted octanol–water partition coefficient (Wildman–Crippen LogP) is 5.93. The molecule has 0 amide bonds. The van der Waals surface area contributed by atoms with Crippen LogP contribution < -0.4 is 0 Å². The molecule has 3 heterocycles. The third-order valence-corrected chi connectivity index (χ3v) is 4.85. The van der Waals surface area contributed by atoms with E-state index in [-0.39, 0.29) is 5.69 Å². The Morgan fingerprint density at radius 3 is 2.53 bits per heavy atom. The van der Waals surface area contributed by atoms with E-state index < -0.39 is 12.6 Å². The monoisotopic (exact) mass is 410 g/mol. The number of hydrogen-bond donors (Lipinski definition) is 0. The van der Waals surface area contributed by atoms with Crippen molar-refractivity contribution in [2.75, 3.05) is 0 Å². The summed E-state index contributed by atoms with van der Waals surface area (Å²) in [6.07, 6.45) is -0.568. The molecule has 7 heteroatoms. The van der Waals surface area contributed by atoms with Gasteiger partial charge in [0.1, 0.15) is 0 Å². The molecular weight excluding hydrogens is 389 g/mol. The first kappa shape index (κ1) is 20.1. The third kappa shape index (κ3) is 4.50. The Bertz CT molecular complexity index is 1160. The fourth-order valence-corrected chi connectivity index (χ4v) is 3.39. The lowest BCUT2D eigenvalue weighted by Gasteiger charge is -2.09. The average molecular weight is 410 g/mol. The van der Waals surface area contributed by atoms with Crippen LogP contribution in [0.4, 0.5) is 13.2 Å². The second-order valence-corrected chi connectivity index (χ2v) is 7.23. The second kappa shape index (κ2) is 8.26. The Hall–Kier alpha value is -3.22. The highest BCUT2D eigenvalue weighted by molar-refractivity contribution is 5.84. The Morgan fingerprint density at radius 2 is 1.73 bits per heavy atom. The molecule has 30 heavy (non-hydrogen) atoms. The number of halogens is 3. The zero-order valence-corrected chi connectivity index (χ0v) is 16.5. The van der Waals surface area contributed by atoms with Crippen LogP contribution in [0.2, 0.25) is 0 Å². The Labute approximate surface area is 172 Å². The number of unbranched alkanes of at least 4 members (excludes halogenated alkanes) is 1. The van der Waals surface area contributed by atoms with Gasteiger partial charge in [0.25, 0.3) is 0 Å². The molecule has 1 aromatic carbocycles. The highest BCUT2D eigenvalue weighted by atomic mass is 19.4. The van der Waals surface area contributed by atoms with E-state index in [1.807, 2.05) is 36.4 Å². The van der Waals surface area contributed by atoms with Crippen LogP contribution in [0.15, 0.2) is 60.8 Å². The molecule has 0 unspecified atom stereocenters. The minimum Gasteiger partial charge on any atom is -0.253 e. The van der Waals surface area contributed by atoms with Crippen LogP contribution in [0.25, 0.3) is 28.0 Å². The number of rotatable bonds is 6. The summed E-state index contributed by atoms with van der Waals surface area (Å²) in [5, 5.41) is 5.23. The van der Waals surface area contributed by atoms with E-state index in [2.05, 4.69) is 17.0 Å². The van der Waals surface area contributed by atoms with Crippen LogP contribution in [0, 0.1) is 0 Å². The molecule has 4 nitrogen and oxygen atoms in total. The Kier molecular flexibility index (Phi) is 5.53. The van der Waals surface area contributed by atoms with Gasteiger partial charge in [-0.2, -0.15) is 18.3 Å². The zero-order chi connectivity index (χ0) is 21.1. The topological polar surface area (TPSA) is 43.6 Å². The van der Waals surface area contributed by atoms with E-state index in [1.165, 1.54) is 6.07 Å². The van der Waals surface area contributed by atoms with E-state index in [0.717, 1.165) is 47.1 Å². The molecule has 0 aliphatic carbocycles. The fourth-order valence-electron chi connectivity index (χ4n) is 3.39. The van der Waals surface area contributed by atoms with Crippen molar-refractivity contribution in [3.05, 3.63) is 72.2 Å². The van der Waals surface area contributed by atoms with Gasteiger partial charge >= 0.3 is 6.18 Å². The van der Waals surface area contributed by atoms with Gasteiger partial charge in [0, 0.05) is 16.6 Å². The van der Waals surface area contributed by atoms with E-state index in [0.29, 0.717) is 5.82 Å². The average Bonchev–Trinajstić information content (AvgIpc) is 3.15. The molecule has 0 aliphatic rings. The highest BCUT2D eigenvalue weighted by Gasteiger charge is 2.28. The van der Waals surface area contributed by atoms with Crippen molar-refractivity contribution < 1.29 is 13.2 Å². The van der Waals surface area contributed by atoms with Gasteiger partial charge < -0.3 is 0 Å². The fraction of sp³-hybridized carbons (Fsp3) is 0.261. The van der Waals surface area contributed by atoms with Gasteiger partial charge in [0.2, 0.25) is 0 Å². The van der Waals surface area contributed by atoms with Crippen LogP contribution in [-0.2, 0) is 12.8 Å². The lowest BCUT2D eigenvalue weighted by molar-refractivity contribution is -0.127. The van der Waals surface area contributed by atoms with Gasteiger partial charge in [-0.25, -0.2) is 9.67 Å². The Balaban J connectivity index is 1.72. The number of pyridine rings is 2. The molecule has 0 saturated carbocycles. The first-order valence-electron chi connectivity index (χ1n) is 9.90. The van der Waals surface area contributed by atoms with E-state index in [9.17, 15) is 13.2 Å². The molecule has 154 valence electrons. The van der Waals surface area contributed by atoms with Crippen molar-refractivity contribution >= 4 is 10.9 Å². The van der Waals surface area contributed by atoms with E-state index in [1.54, 1.807) is 23.0 Å². The number of alkyl halides is 3. The molecule has 0 radical (unpaired) electrons. The largest absolute Gasteiger partial charge is 0.394 e. The lowest BCUT2D eigenvalue weighted by atomic mass is 10.1. The number of nitrogens with zero attached hydrogens (tertiary/aromatic N) is 4. The highest BCUT2D eigenvalue weighted by Crippen LogP contribution is 2.26. The molecule has 0 atom stereocenters. The van der Waals surface area contributed by atoms with Gasteiger partial charge in [-0.15, -0.1) is 0 Å². The van der Waals surface area contributed by atoms with Gasteiger partial charge in [-0.05, 0) is 43.2 Å². The first-order chi connectivity index (χ1) is 14.4. The molecule has 0 saturated heterocycles. The van der Waals surface area contributed by atoms with Crippen molar-refractivity contribution in [1.82, 2.24) is 19.7 Å². The van der Waals surface area contributed by atoms with Gasteiger partial charge in [-0.3, -0.25) is 4.98 Å². The number of benzene rings is 1. The quantitative estimate of drug-likeness (QED) is 0.396. The Morgan fingerprint density at radius 1 is 0.933 bits per heavy atom. The molecule has 3 aromatic heterocycles. The zero-order valence-electron chi connectivity index (χ0n) is 16.5. The summed E-state index contributed by atoms with van der Waals surface area (Å²) in [6, 6.07) is 16.4. The molecule has 0 fully saturated rings. The summed E-state index contributed by atoms with van der Waals surface area (Å²) in [5.41, 5.74) is 3.56. The van der Waals surface area contributed by atoms with Crippen LogP contribution in [0.1, 0.15) is 31.2 Å². The summed E-state index contributed by atoms with van der Waals surface area (Å²) in [4.78, 5) is 8.92. The standard InChI is InChI=1S/C23H21F3N4/c1-2-3-6-18-7-4-9-20(28-18)16-11-12-17-15-27-30(21(17)13-16)22-10-5-8-19(29-22)14-23(24,25)26/h4-5,7-13,15H,2-3,6,14H2,1H3. The molecule has 0 spiro atoms. The summed E-state index contributed by atoms with van der Waals surface area (Å²) in [7, 11) is 0. The maximum absolute atomic E-state index is 12.7. The number of aromatic nitrogens is 4. The van der Waals surface area contributed by atoms with Gasteiger partial charge in [0.05, 0.1) is 29.5 Å². The maximum Gasteiger partial charge on any atom is 0.394 e. The summed E-state index contributed by atoms with van der Waals surface area (Å²) < 4.78 is 39.8. The normalized spacial score (nSPS) is 11.9. The van der Waals surface area contributed by atoms with Gasteiger partial charge in [-0.1, -0.05) is 37.6 Å². The lowest BCUT2D eigenvalue weighted by Crippen LogP contribution is -2.13. The van der Waals surface area contributed by atoms with Crippen molar-refractivity contribution in [3.8, 4) is 17.1 Å². The minimum absolute atomic E-state index is 0.0369. The number of aryl methyl sites for hydroxylation is 1. The van der Waals surface area contributed by atoms with Crippen molar-refractivity contribution in [3.63, 3.8) is 0 Å². The molecule has 0 aliphatic heterocycles. The molecule has 4 rings (SSSR count). The van der Waals surface area contributed by atoms with Crippen LogP contribution in [0.3, 0.4) is 0 Å². The minimum atomic E-state index is -4.31. The maximum atomic E-state index is 12.7. The van der Waals surface area contributed by atoms with E-state index in [4.69, 9.17) is 4.98 Å². The molecule has 4 aromatic rings. The van der Waals surface area contributed by atoms with E-state index >= 15 is 0 Å². The van der Waals surface area contributed by atoms with Crippen molar-refractivity contribution in [2.45, 2.75) is 38.8 Å². The smallest absolute Gasteiger partial charge is 0.253 e. The van der Waals surface area contributed by atoms with Gasteiger partial charge in [0.15, 0.2) is 5.82 Å². The number of fused-ring (bicyclic) bond motifs is 1. The summed E-state index contributed by atoms with van der Waals surface area (Å²) in [6.45, 7) is 2.15. The van der Waals surface area contributed by atoms with Crippen molar-refractivity contribution in [2.24, 2.45) is 0 Å². The SMILES string of the molecule is CCCCc1cccc(-c2ccc3cnn(-c4cccc(CC(F)(F)F)n4)c3c2)n1. The second-order valence-electron chi connectivity index (χ2n) is 7.23. The first-order valence-corrected chi connectivity index (χ1v) is 9.90. The summed E-state index contributed by atoms with van der Waals surface area (Å²) in [5.74, 6) is 0.355. The van der Waals surface area contributed by atoms with Crippen molar-refractivity contribution in [1.29, 1.82) is 0 Å². The predicted molar refractivity (Wildman–Crippen MR) is 110 cm³/mol. The van der Waals surface area contributed by atoms with Crippen LogP contribution in [0.5, 0.6) is 0 Å². The molecule has 0 bridgehead atoms. The van der Waals surface area contributed by atoms with Crippen LogP contribution in [-0.4, -0.2) is 25.9 Å². The number of hydrogen-bond acceptors (Lipinski definition) is 3. The third-order valence-electron chi connectivity index (χ3n) is 4.85. The molecular formula is C23H21F3N4. The summed E-state index contributed by atoms with van der Waals surface area (Å²) >= 11 is 0. The van der Waals surface area contributed by atoms with Crippen LogP contribution >= 0.6 is 0 Å². The molecule has 0 N–H and O–H groups in total.